The van der Waals surface area contributed by atoms with Gasteiger partial charge in [-0.1, -0.05) is 52.0 Å². The predicted octanol–water partition coefficient (Wildman–Crippen LogP) is 6.62. The summed E-state index contributed by atoms with van der Waals surface area (Å²) in [4.78, 5) is 80.7. The van der Waals surface area contributed by atoms with Crippen molar-refractivity contribution >= 4 is 52.9 Å². The fourth-order valence-electron chi connectivity index (χ4n) is 7.95. The summed E-state index contributed by atoms with van der Waals surface area (Å²) in [7, 11) is 2.47. The van der Waals surface area contributed by atoms with Gasteiger partial charge in [-0.3, -0.25) is 19.2 Å². The van der Waals surface area contributed by atoms with Gasteiger partial charge in [0.2, 0.25) is 23.6 Å². The molecule has 5 N–H and O–H groups in total. The summed E-state index contributed by atoms with van der Waals surface area (Å²) in [5.74, 6) is -2.00. The molecule has 62 heavy (non-hydrogen) atoms. The molecule has 16 heteroatoms. The Kier molecular flexibility index (Phi) is 16.7. The number of ether oxygens (including phenoxy) is 2. The van der Waals surface area contributed by atoms with Gasteiger partial charge in [0.15, 0.2) is 0 Å². The summed E-state index contributed by atoms with van der Waals surface area (Å²) in [6.45, 7) is 8.11. The second-order valence-corrected chi connectivity index (χ2v) is 16.5. The van der Waals surface area contributed by atoms with Gasteiger partial charge < -0.3 is 45.9 Å². The van der Waals surface area contributed by atoms with Crippen LogP contribution in [0.1, 0.15) is 83.4 Å². The number of rotatable bonds is 17. The number of anilines is 3. The quantitative estimate of drug-likeness (QED) is 0.0995. The van der Waals surface area contributed by atoms with E-state index in [9.17, 15) is 33.2 Å². The highest BCUT2D eigenvalue weighted by molar-refractivity contribution is 5.99. The third-order valence-corrected chi connectivity index (χ3v) is 11.4. The number of benzene rings is 3. The Labute approximate surface area is 362 Å². The first kappa shape index (κ1) is 46.9. The molecule has 5 atom stereocenters. The van der Waals surface area contributed by atoms with Crippen molar-refractivity contribution in [1.29, 1.82) is 0 Å². The van der Waals surface area contributed by atoms with E-state index in [-0.39, 0.29) is 47.3 Å². The van der Waals surface area contributed by atoms with Crippen molar-refractivity contribution in [3.8, 4) is 0 Å². The molecule has 2 heterocycles. The van der Waals surface area contributed by atoms with E-state index in [0.717, 1.165) is 29.7 Å². The Morgan fingerprint density at radius 3 is 1.52 bits per heavy atom. The summed E-state index contributed by atoms with van der Waals surface area (Å²) in [6, 6.07) is 18.1. The van der Waals surface area contributed by atoms with Gasteiger partial charge in [0, 0.05) is 30.2 Å². The Balaban J connectivity index is 1.19. The number of nitrogens with one attached hydrogen (secondary N) is 5. The average Bonchev–Trinajstić information content (AvgIpc) is 3.97. The first-order valence-electron chi connectivity index (χ1n) is 21.3. The largest absolute Gasteiger partial charge is 0.453 e. The standard InChI is InChI=1S/C46H60FN7O8/c1-28(2)39(51-45(59)61-5)43(57)53-26-8-12-37(53)41(55)49-34-20-14-30(15-21-34)10-7-11-36(48-33-24-18-32(47)19-25-33)31-16-22-35(23-17-31)50-42(56)38-13-9-27-54(38)44(58)40(29(3)4)52-46(60)62-6/h14-25,28-29,36-40,48H,7-13,26-27H2,1-6H3,(H,49,55)(H,50,56)(H,51,59)(H,52,60). The normalized spacial score (nSPS) is 17.5. The van der Waals surface area contributed by atoms with E-state index in [4.69, 9.17) is 9.47 Å². The van der Waals surface area contributed by atoms with Crippen molar-refractivity contribution < 1.29 is 42.6 Å². The van der Waals surface area contributed by atoms with Gasteiger partial charge in [-0.2, -0.15) is 0 Å². The molecule has 0 spiro atoms. The maximum absolute atomic E-state index is 13.8. The molecule has 5 rings (SSSR count). The smallest absolute Gasteiger partial charge is 0.407 e. The third kappa shape index (κ3) is 12.4. The Hall–Kier alpha value is -6.19. The number of carbonyl (C=O) groups is 6. The molecular formula is C46H60FN7O8. The minimum Gasteiger partial charge on any atom is -0.453 e. The zero-order chi connectivity index (χ0) is 44.9. The monoisotopic (exact) mass is 857 g/mol. The number of aryl methyl sites for hydroxylation is 1. The highest BCUT2D eigenvalue weighted by Gasteiger charge is 2.40. The van der Waals surface area contributed by atoms with Crippen molar-refractivity contribution in [2.45, 2.75) is 103 Å². The van der Waals surface area contributed by atoms with Gasteiger partial charge in [-0.05, 0) is 116 Å². The number of nitrogens with zero attached hydrogens (tertiary/aromatic N) is 2. The minimum atomic E-state index is -0.829. The molecule has 0 bridgehead atoms. The number of carbonyl (C=O) groups excluding carboxylic acids is 6. The van der Waals surface area contributed by atoms with Crippen molar-refractivity contribution in [2.75, 3.05) is 43.3 Å². The van der Waals surface area contributed by atoms with E-state index in [0.29, 0.717) is 56.6 Å². The number of hydrogen-bond donors (Lipinski definition) is 5. The molecule has 0 radical (unpaired) electrons. The lowest BCUT2D eigenvalue weighted by atomic mass is 9.98. The summed E-state index contributed by atoms with van der Waals surface area (Å²) in [5.41, 5.74) is 3.95. The predicted molar refractivity (Wildman–Crippen MR) is 234 cm³/mol. The molecule has 334 valence electrons. The summed E-state index contributed by atoms with van der Waals surface area (Å²) in [6.07, 6.45) is 3.17. The van der Waals surface area contributed by atoms with Crippen LogP contribution in [-0.4, -0.2) is 97.1 Å². The number of alkyl carbamates (subject to hydrolysis) is 2. The van der Waals surface area contributed by atoms with Crippen LogP contribution >= 0.6 is 0 Å². The molecule has 15 nitrogen and oxygen atoms in total. The lowest BCUT2D eigenvalue weighted by molar-refractivity contribution is -0.139. The fraction of sp³-hybridized carbons (Fsp3) is 0.478. The summed E-state index contributed by atoms with van der Waals surface area (Å²) < 4.78 is 23.2. The summed E-state index contributed by atoms with van der Waals surface area (Å²) in [5, 5.41) is 14.6. The van der Waals surface area contributed by atoms with Crippen molar-refractivity contribution in [3.63, 3.8) is 0 Å². The maximum atomic E-state index is 13.8. The minimum absolute atomic E-state index is 0.155. The molecule has 2 fully saturated rings. The molecule has 3 aromatic carbocycles. The summed E-state index contributed by atoms with van der Waals surface area (Å²) >= 11 is 0. The molecule has 5 unspecified atom stereocenters. The first-order valence-corrected chi connectivity index (χ1v) is 21.3. The molecule has 0 aromatic heterocycles. The highest BCUT2D eigenvalue weighted by atomic mass is 19.1. The second kappa shape index (κ2) is 22.1. The van der Waals surface area contributed by atoms with Gasteiger partial charge in [0.05, 0.1) is 20.3 Å². The molecular weight excluding hydrogens is 798 g/mol. The molecule has 6 amide bonds. The second-order valence-electron chi connectivity index (χ2n) is 16.5. The van der Waals surface area contributed by atoms with E-state index in [2.05, 4.69) is 26.6 Å². The van der Waals surface area contributed by atoms with Crippen LogP contribution in [-0.2, 0) is 35.1 Å². The number of hydrogen-bond acceptors (Lipinski definition) is 9. The zero-order valence-corrected chi connectivity index (χ0v) is 36.4. The van der Waals surface area contributed by atoms with Crippen LogP contribution in [0.2, 0.25) is 0 Å². The van der Waals surface area contributed by atoms with Gasteiger partial charge in [0.25, 0.3) is 0 Å². The van der Waals surface area contributed by atoms with Crippen LogP contribution in [0.5, 0.6) is 0 Å². The van der Waals surface area contributed by atoms with Crippen LogP contribution in [0.3, 0.4) is 0 Å². The molecule has 2 aliphatic heterocycles. The first-order chi connectivity index (χ1) is 29.7. The van der Waals surface area contributed by atoms with E-state index in [1.54, 1.807) is 12.1 Å². The van der Waals surface area contributed by atoms with Crippen molar-refractivity contribution in [1.82, 2.24) is 20.4 Å². The van der Waals surface area contributed by atoms with Gasteiger partial charge in [-0.25, -0.2) is 14.0 Å². The van der Waals surface area contributed by atoms with Crippen molar-refractivity contribution in [3.05, 3.63) is 89.7 Å². The highest BCUT2D eigenvalue weighted by Crippen LogP contribution is 2.28. The SMILES string of the molecule is COC(=O)NC(C(=O)N1CCCC1C(=O)Nc1ccc(CCCC(Nc2ccc(F)cc2)c2ccc(NC(=O)C3CCCN3C(=O)C(NC(=O)OC)C(C)C)cc2)cc1)C(C)C. The number of methoxy groups -OCH3 is 2. The van der Waals surface area contributed by atoms with Crippen LogP contribution in [0.15, 0.2) is 72.8 Å². The number of likely N-dealkylation sites (tertiary alicyclic amines) is 2. The van der Waals surface area contributed by atoms with Crippen molar-refractivity contribution in [2.24, 2.45) is 11.8 Å². The number of halogens is 1. The lowest BCUT2D eigenvalue weighted by Gasteiger charge is -2.30. The van der Waals surface area contributed by atoms with Crippen LogP contribution in [0.25, 0.3) is 0 Å². The lowest BCUT2D eigenvalue weighted by Crippen LogP contribution is -2.54. The van der Waals surface area contributed by atoms with Gasteiger partial charge in [-0.15, -0.1) is 0 Å². The van der Waals surface area contributed by atoms with Crippen LogP contribution in [0.4, 0.5) is 31.0 Å². The molecule has 2 aliphatic rings. The topological polar surface area (TPSA) is 188 Å². The molecule has 3 aromatic rings. The fourth-order valence-corrected chi connectivity index (χ4v) is 7.95. The van der Waals surface area contributed by atoms with Crippen LogP contribution < -0.4 is 26.6 Å². The Bertz CT molecular complexity index is 2010. The maximum Gasteiger partial charge on any atom is 0.407 e. The number of amides is 6. The van der Waals surface area contributed by atoms with E-state index >= 15 is 0 Å². The molecule has 0 aliphatic carbocycles. The van der Waals surface area contributed by atoms with Gasteiger partial charge in [0.1, 0.15) is 30.0 Å². The molecule has 0 saturated carbocycles. The zero-order valence-electron chi connectivity index (χ0n) is 36.4. The van der Waals surface area contributed by atoms with E-state index < -0.39 is 36.4 Å². The Morgan fingerprint density at radius 1 is 0.645 bits per heavy atom. The average molecular weight is 858 g/mol. The van der Waals surface area contributed by atoms with Gasteiger partial charge >= 0.3 is 12.2 Å². The van der Waals surface area contributed by atoms with Crippen LogP contribution in [0, 0.1) is 17.7 Å². The van der Waals surface area contributed by atoms with E-state index in [1.165, 1.54) is 36.2 Å². The Morgan fingerprint density at radius 2 is 1.08 bits per heavy atom. The van der Waals surface area contributed by atoms with E-state index in [1.807, 2.05) is 76.2 Å². The molecule has 2 saturated heterocycles. The third-order valence-electron chi connectivity index (χ3n) is 11.4.